The Morgan fingerprint density at radius 1 is 0.824 bits per heavy atom. The number of nitrogens with zero attached hydrogens (tertiary/aromatic N) is 4. The zero-order valence-corrected chi connectivity index (χ0v) is 19.0. The van der Waals surface area contributed by atoms with Crippen LogP contribution in [0.4, 0.5) is 0 Å². The van der Waals surface area contributed by atoms with Crippen LogP contribution in [0.1, 0.15) is 35.8 Å². The Morgan fingerprint density at radius 3 is 1.44 bits per heavy atom. The Bertz CT molecular complexity index is 1120. The molecule has 0 amide bonds. The topological polar surface area (TPSA) is 163 Å². The molecule has 34 heavy (non-hydrogen) atoms. The molecular formula is C22H24N4O8. The van der Waals surface area contributed by atoms with E-state index in [4.69, 9.17) is 9.47 Å². The number of aromatic nitrogens is 4. The van der Waals surface area contributed by atoms with Gasteiger partial charge in [-0.05, 0) is 11.1 Å². The molecule has 12 nitrogen and oxygen atoms in total. The van der Waals surface area contributed by atoms with Gasteiger partial charge in [-0.2, -0.15) is 10.2 Å². The predicted molar refractivity (Wildman–Crippen MR) is 114 cm³/mol. The smallest absolute Gasteiger partial charge is 0.306 e. The van der Waals surface area contributed by atoms with E-state index in [1.807, 2.05) is 0 Å². The molecule has 0 fully saturated rings. The number of aliphatic hydroxyl groups excluding tert-OH is 2. The van der Waals surface area contributed by atoms with Crippen molar-refractivity contribution in [1.82, 2.24) is 19.6 Å². The molecule has 3 rings (SSSR count). The monoisotopic (exact) mass is 472 g/mol. The number of allylic oxidation sites excluding steroid dienone is 2. The third-order valence-corrected chi connectivity index (χ3v) is 5.58. The molecule has 0 spiro atoms. The van der Waals surface area contributed by atoms with E-state index in [-0.39, 0.29) is 0 Å². The summed E-state index contributed by atoms with van der Waals surface area (Å²) in [7, 11) is 5.54. The van der Waals surface area contributed by atoms with Crippen LogP contribution in [0, 0.1) is 0 Å². The number of rotatable bonds is 8. The van der Waals surface area contributed by atoms with Crippen molar-refractivity contribution in [2.75, 3.05) is 14.2 Å². The van der Waals surface area contributed by atoms with Gasteiger partial charge in [-0.15, -0.1) is 0 Å². The summed E-state index contributed by atoms with van der Waals surface area (Å²) in [5.74, 6) is -7.61. The largest absolute Gasteiger partial charge is 0.504 e. The molecule has 1 aliphatic carbocycles. The van der Waals surface area contributed by atoms with Gasteiger partial charge in [-0.25, -0.2) is 0 Å². The quantitative estimate of drug-likeness (QED) is 0.417. The zero-order chi connectivity index (χ0) is 25.2. The van der Waals surface area contributed by atoms with Gasteiger partial charge in [0.2, 0.25) is 11.6 Å². The summed E-state index contributed by atoms with van der Waals surface area (Å²) >= 11 is 0. The van der Waals surface area contributed by atoms with Crippen molar-refractivity contribution in [3.8, 4) is 0 Å². The first-order valence-electron chi connectivity index (χ1n) is 10.1. The number of hydrogen-bond acceptors (Lipinski definition) is 10. The molecule has 2 atom stereocenters. The molecular weight excluding hydrogens is 448 g/mol. The number of carbonyl (C=O) groups is 4. The number of ketones is 2. The van der Waals surface area contributed by atoms with Gasteiger partial charge in [0, 0.05) is 38.3 Å². The van der Waals surface area contributed by atoms with Crippen molar-refractivity contribution < 1.29 is 38.9 Å². The molecule has 0 saturated heterocycles. The summed E-state index contributed by atoms with van der Waals surface area (Å²) in [6.07, 6.45) is 4.99. The standard InChI is InChI=1S/C22H24N4O8/c1-25-9-11(7-23-25)13(5-15(27)33-3)17-19(29)21(31)18(22(32)20(17)30)14(6-16(28)34-4)12-8-24-26(2)10-12/h7-10,13-14,29,32H,5-6H2,1-4H3/t13-,14-/m0/s1. The van der Waals surface area contributed by atoms with E-state index in [0.29, 0.717) is 11.1 Å². The van der Waals surface area contributed by atoms with E-state index in [9.17, 15) is 29.4 Å². The van der Waals surface area contributed by atoms with E-state index in [1.165, 1.54) is 34.2 Å². The molecule has 0 radical (unpaired) electrons. The van der Waals surface area contributed by atoms with Crippen LogP contribution < -0.4 is 0 Å². The predicted octanol–water partition coefficient (Wildman–Crippen LogP) is 0.923. The SMILES string of the molecule is COC(=O)C[C@H](C1=C(O)C(=O)C([C@@H](CC(=O)OC)c2cnn(C)c2)=C(O)C1=O)c1cnn(C)c1. The minimum Gasteiger partial charge on any atom is -0.504 e. The summed E-state index contributed by atoms with van der Waals surface area (Å²) in [5.41, 5.74) is -0.226. The Morgan fingerprint density at radius 2 is 1.18 bits per heavy atom. The van der Waals surface area contributed by atoms with Crippen LogP contribution in [0.2, 0.25) is 0 Å². The van der Waals surface area contributed by atoms with Crippen molar-refractivity contribution in [2.45, 2.75) is 24.7 Å². The minimum atomic E-state index is -1.11. The Labute approximate surface area is 194 Å². The zero-order valence-electron chi connectivity index (χ0n) is 19.0. The van der Waals surface area contributed by atoms with Crippen LogP contribution in [0.15, 0.2) is 47.5 Å². The van der Waals surface area contributed by atoms with Crippen LogP contribution in [-0.4, -0.2) is 67.5 Å². The summed E-state index contributed by atoms with van der Waals surface area (Å²) in [6.45, 7) is 0. The van der Waals surface area contributed by atoms with Crippen LogP contribution in [-0.2, 0) is 42.7 Å². The lowest BCUT2D eigenvalue weighted by atomic mass is 9.76. The molecule has 180 valence electrons. The lowest BCUT2D eigenvalue weighted by Gasteiger charge is -2.26. The van der Waals surface area contributed by atoms with E-state index in [1.54, 1.807) is 14.1 Å². The van der Waals surface area contributed by atoms with Crippen molar-refractivity contribution in [3.63, 3.8) is 0 Å². The van der Waals surface area contributed by atoms with E-state index in [0.717, 1.165) is 14.2 Å². The highest BCUT2D eigenvalue weighted by Crippen LogP contribution is 2.40. The normalized spacial score (nSPS) is 16.0. The molecule has 2 N–H and O–H groups in total. The number of ether oxygens (including phenoxy) is 2. The molecule has 0 aromatic carbocycles. The number of Topliss-reactive ketones (excluding diaryl/α,β-unsaturated/α-hetero) is 2. The number of carbonyl (C=O) groups excluding carboxylic acids is 4. The summed E-state index contributed by atoms with van der Waals surface area (Å²) < 4.78 is 12.2. The van der Waals surface area contributed by atoms with Crippen LogP contribution in [0.25, 0.3) is 0 Å². The first kappa shape index (κ1) is 24.4. The van der Waals surface area contributed by atoms with Crippen LogP contribution >= 0.6 is 0 Å². The van der Waals surface area contributed by atoms with Crippen molar-refractivity contribution in [1.29, 1.82) is 0 Å². The fraction of sp³-hybridized carbons (Fsp3) is 0.364. The first-order chi connectivity index (χ1) is 16.1. The van der Waals surface area contributed by atoms with Crippen molar-refractivity contribution in [3.05, 3.63) is 58.6 Å². The molecule has 0 aliphatic heterocycles. The summed E-state index contributed by atoms with van der Waals surface area (Å²) in [4.78, 5) is 50.7. The molecule has 2 heterocycles. The average molecular weight is 472 g/mol. The van der Waals surface area contributed by atoms with E-state index in [2.05, 4.69) is 10.2 Å². The lowest BCUT2D eigenvalue weighted by Crippen LogP contribution is -2.31. The summed E-state index contributed by atoms with van der Waals surface area (Å²) in [5, 5.41) is 29.7. The van der Waals surface area contributed by atoms with Gasteiger partial charge in [0.1, 0.15) is 0 Å². The molecule has 0 bridgehead atoms. The molecule has 0 saturated carbocycles. The molecule has 2 aromatic rings. The third-order valence-electron chi connectivity index (χ3n) is 5.58. The number of hydrogen-bond donors (Lipinski definition) is 2. The highest BCUT2D eigenvalue weighted by Gasteiger charge is 2.43. The maximum absolute atomic E-state index is 13.3. The fourth-order valence-corrected chi connectivity index (χ4v) is 3.87. The van der Waals surface area contributed by atoms with E-state index < -0.39 is 70.8 Å². The van der Waals surface area contributed by atoms with Crippen LogP contribution in [0.3, 0.4) is 0 Å². The van der Waals surface area contributed by atoms with Crippen LogP contribution in [0.5, 0.6) is 0 Å². The van der Waals surface area contributed by atoms with Gasteiger partial charge in [0.05, 0.1) is 50.6 Å². The molecule has 2 aromatic heterocycles. The minimum absolute atomic E-state index is 0.352. The van der Waals surface area contributed by atoms with Gasteiger partial charge >= 0.3 is 11.9 Å². The molecule has 1 aliphatic rings. The fourth-order valence-electron chi connectivity index (χ4n) is 3.87. The second-order valence-electron chi connectivity index (χ2n) is 7.74. The highest BCUT2D eigenvalue weighted by molar-refractivity contribution is 6.24. The van der Waals surface area contributed by atoms with Gasteiger partial charge in [0.25, 0.3) is 0 Å². The average Bonchev–Trinajstić information content (AvgIpc) is 3.44. The number of esters is 2. The second kappa shape index (κ2) is 9.73. The van der Waals surface area contributed by atoms with Gasteiger partial charge in [-0.1, -0.05) is 0 Å². The number of methoxy groups -OCH3 is 2. The maximum Gasteiger partial charge on any atom is 0.306 e. The molecule has 12 heteroatoms. The third kappa shape index (κ3) is 4.60. The highest BCUT2D eigenvalue weighted by atomic mass is 16.5. The van der Waals surface area contributed by atoms with E-state index >= 15 is 0 Å². The van der Waals surface area contributed by atoms with Gasteiger partial charge < -0.3 is 19.7 Å². The van der Waals surface area contributed by atoms with Crippen molar-refractivity contribution >= 4 is 23.5 Å². The lowest BCUT2D eigenvalue weighted by molar-refractivity contribution is -0.142. The Hall–Kier alpha value is -4.22. The Kier molecular flexibility index (Phi) is 6.99. The van der Waals surface area contributed by atoms with Gasteiger partial charge in [0.15, 0.2) is 11.5 Å². The van der Waals surface area contributed by atoms with Crippen molar-refractivity contribution in [2.24, 2.45) is 14.1 Å². The maximum atomic E-state index is 13.3. The molecule has 0 unspecified atom stereocenters. The van der Waals surface area contributed by atoms with Gasteiger partial charge in [-0.3, -0.25) is 28.5 Å². The number of aryl methyl sites for hydroxylation is 2. The first-order valence-corrected chi connectivity index (χ1v) is 10.1. The Balaban J connectivity index is 2.12. The number of aliphatic hydroxyl groups is 2. The summed E-state index contributed by atoms with van der Waals surface area (Å²) in [6, 6.07) is 0. The second-order valence-corrected chi connectivity index (χ2v) is 7.74.